The maximum atomic E-state index is 12.6. The van der Waals surface area contributed by atoms with Crippen LogP contribution in [0.15, 0.2) is 48.5 Å². The minimum Gasteiger partial charge on any atom is -0.361 e. The third kappa shape index (κ3) is 3.69. The van der Waals surface area contributed by atoms with Gasteiger partial charge in [-0.2, -0.15) is 0 Å². The molecule has 1 amide bonds. The summed E-state index contributed by atoms with van der Waals surface area (Å²) in [5.74, 6) is 0.655. The molecular weight excluding hydrogens is 357 g/mol. The molecule has 0 radical (unpaired) electrons. The molecule has 2 atom stereocenters. The van der Waals surface area contributed by atoms with Gasteiger partial charge in [0.25, 0.3) is 0 Å². The SMILES string of the molecule is O=C1COC(c2cccc(Cl)c2)C(c2ccc(Cl)cc2)N1CC1CC1. The predicted octanol–water partition coefficient (Wildman–Crippen LogP) is 5.04. The molecule has 3 nitrogen and oxygen atoms in total. The van der Waals surface area contributed by atoms with E-state index in [0.717, 1.165) is 17.7 Å². The molecule has 1 saturated carbocycles. The van der Waals surface area contributed by atoms with Crippen molar-refractivity contribution in [2.75, 3.05) is 13.2 Å². The number of hydrogen-bond donors (Lipinski definition) is 0. The van der Waals surface area contributed by atoms with Gasteiger partial charge in [-0.25, -0.2) is 0 Å². The van der Waals surface area contributed by atoms with Gasteiger partial charge in [-0.15, -0.1) is 0 Å². The topological polar surface area (TPSA) is 29.5 Å². The van der Waals surface area contributed by atoms with Crippen molar-refractivity contribution in [1.82, 2.24) is 4.90 Å². The summed E-state index contributed by atoms with van der Waals surface area (Å²) in [5, 5.41) is 1.35. The molecule has 1 heterocycles. The normalized spacial score (nSPS) is 23.8. The van der Waals surface area contributed by atoms with Gasteiger partial charge in [-0.1, -0.05) is 47.5 Å². The smallest absolute Gasteiger partial charge is 0.249 e. The number of benzene rings is 2. The van der Waals surface area contributed by atoms with Crippen molar-refractivity contribution >= 4 is 29.1 Å². The highest BCUT2D eigenvalue weighted by Gasteiger charge is 2.41. The van der Waals surface area contributed by atoms with E-state index in [2.05, 4.69) is 0 Å². The molecule has 25 heavy (non-hydrogen) atoms. The van der Waals surface area contributed by atoms with Crippen LogP contribution >= 0.6 is 23.2 Å². The van der Waals surface area contributed by atoms with Crippen molar-refractivity contribution in [2.24, 2.45) is 5.92 Å². The number of nitrogens with zero attached hydrogens (tertiary/aromatic N) is 1. The lowest BCUT2D eigenvalue weighted by Crippen LogP contribution is -2.46. The van der Waals surface area contributed by atoms with Gasteiger partial charge in [0.2, 0.25) is 5.91 Å². The van der Waals surface area contributed by atoms with Crippen molar-refractivity contribution in [1.29, 1.82) is 0 Å². The largest absolute Gasteiger partial charge is 0.361 e. The van der Waals surface area contributed by atoms with Gasteiger partial charge in [-0.3, -0.25) is 4.79 Å². The Morgan fingerprint density at radius 3 is 2.44 bits per heavy atom. The number of rotatable bonds is 4. The Morgan fingerprint density at radius 2 is 1.76 bits per heavy atom. The molecule has 2 aliphatic rings. The summed E-state index contributed by atoms with van der Waals surface area (Å²) >= 11 is 12.2. The van der Waals surface area contributed by atoms with E-state index in [9.17, 15) is 4.79 Å². The van der Waals surface area contributed by atoms with Gasteiger partial charge in [0.15, 0.2) is 0 Å². The van der Waals surface area contributed by atoms with E-state index >= 15 is 0 Å². The summed E-state index contributed by atoms with van der Waals surface area (Å²) in [6.45, 7) is 0.889. The Hall–Kier alpha value is -1.55. The first-order valence-corrected chi connectivity index (χ1v) is 9.29. The molecule has 0 aromatic heterocycles. The van der Waals surface area contributed by atoms with Gasteiger partial charge in [0.1, 0.15) is 12.7 Å². The molecule has 0 spiro atoms. The van der Waals surface area contributed by atoms with Crippen molar-refractivity contribution in [3.05, 3.63) is 69.7 Å². The molecule has 1 aliphatic heterocycles. The van der Waals surface area contributed by atoms with Crippen LogP contribution in [0.5, 0.6) is 0 Å². The summed E-state index contributed by atoms with van der Waals surface area (Å²) in [6, 6.07) is 15.2. The van der Waals surface area contributed by atoms with E-state index in [1.165, 1.54) is 12.8 Å². The second-order valence-electron chi connectivity index (χ2n) is 6.77. The van der Waals surface area contributed by atoms with Crippen LogP contribution < -0.4 is 0 Å². The zero-order valence-corrected chi connectivity index (χ0v) is 15.2. The number of carbonyl (C=O) groups is 1. The lowest BCUT2D eigenvalue weighted by molar-refractivity contribution is -0.159. The van der Waals surface area contributed by atoms with Crippen LogP contribution in [0.2, 0.25) is 10.0 Å². The number of hydrogen-bond acceptors (Lipinski definition) is 2. The minimum absolute atomic E-state index is 0.0464. The van der Waals surface area contributed by atoms with Crippen LogP contribution in [0, 0.1) is 5.92 Å². The Balaban J connectivity index is 1.74. The predicted molar refractivity (Wildman–Crippen MR) is 98.8 cm³/mol. The first-order valence-electron chi connectivity index (χ1n) is 8.54. The van der Waals surface area contributed by atoms with E-state index < -0.39 is 0 Å². The van der Waals surface area contributed by atoms with Crippen LogP contribution in [0.1, 0.15) is 36.1 Å². The third-order valence-corrected chi connectivity index (χ3v) is 5.36. The van der Waals surface area contributed by atoms with Crippen molar-refractivity contribution in [3.8, 4) is 0 Å². The Kier molecular flexibility index (Phi) is 4.72. The highest BCUT2D eigenvalue weighted by molar-refractivity contribution is 6.30. The number of halogens is 2. The second kappa shape index (κ2) is 6.99. The summed E-state index contributed by atoms with van der Waals surface area (Å²) in [5.41, 5.74) is 2.02. The van der Waals surface area contributed by atoms with Gasteiger partial charge >= 0.3 is 0 Å². The molecular formula is C20H19Cl2NO2. The van der Waals surface area contributed by atoms with Gasteiger partial charge in [0, 0.05) is 16.6 Å². The molecule has 2 aromatic rings. The molecule has 5 heteroatoms. The highest BCUT2D eigenvalue weighted by Crippen LogP contribution is 2.43. The number of carbonyl (C=O) groups excluding carboxylic acids is 1. The Labute approximate surface area is 157 Å². The lowest BCUT2D eigenvalue weighted by Gasteiger charge is -2.41. The van der Waals surface area contributed by atoms with E-state index in [4.69, 9.17) is 27.9 Å². The molecule has 0 bridgehead atoms. The van der Waals surface area contributed by atoms with Gasteiger partial charge in [-0.05, 0) is 54.2 Å². The number of ether oxygens (including phenoxy) is 1. The summed E-state index contributed by atoms with van der Waals surface area (Å²) < 4.78 is 5.98. The standard InChI is InChI=1S/C20H19Cl2NO2/c21-16-8-6-14(7-9-16)19-20(15-2-1-3-17(22)10-15)25-12-18(24)23(19)11-13-4-5-13/h1-3,6-10,13,19-20H,4-5,11-12H2. The average Bonchev–Trinajstić information content (AvgIpc) is 3.42. The number of amides is 1. The molecule has 2 fully saturated rings. The van der Waals surface area contributed by atoms with Crippen LogP contribution in [0.25, 0.3) is 0 Å². The summed E-state index contributed by atoms with van der Waals surface area (Å²) in [4.78, 5) is 14.6. The molecule has 1 saturated heterocycles. The quantitative estimate of drug-likeness (QED) is 0.748. The molecule has 0 N–H and O–H groups in total. The van der Waals surface area contributed by atoms with E-state index in [0.29, 0.717) is 16.0 Å². The maximum Gasteiger partial charge on any atom is 0.249 e. The fourth-order valence-corrected chi connectivity index (χ4v) is 3.75. The van der Waals surface area contributed by atoms with E-state index in [-0.39, 0.29) is 24.7 Å². The average molecular weight is 376 g/mol. The molecule has 1 aliphatic carbocycles. The van der Waals surface area contributed by atoms with Crippen molar-refractivity contribution in [2.45, 2.75) is 25.0 Å². The Morgan fingerprint density at radius 1 is 1.00 bits per heavy atom. The summed E-state index contributed by atoms with van der Waals surface area (Å²) in [7, 11) is 0. The molecule has 4 rings (SSSR count). The summed E-state index contributed by atoms with van der Waals surface area (Å²) in [6.07, 6.45) is 2.15. The van der Waals surface area contributed by atoms with Crippen LogP contribution in [0.3, 0.4) is 0 Å². The molecule has 2 unspecified atom stereocenters. The van der Waals surface area contributed by atoms with Crippen molar-refractivity contribution in [3.63, 3.8) is 0 Å². The fourth-order valence-electron chi connectivity index (χ4n) is 3.42. The third-order valence-electron chi connectivity index (χ3n) is 4.87. The zero-order chi connectivity index (χ0) is 17.4. The molecule has 2 aromatic carbocycles. The van der Waals surface area contributed by atoms with Crippen LogP contribution in [-0.4, -0.2) is 24.0 Å². The first kappa shape index (κ1) is 16.9. The fraction of sp³-hybridized carbons (Fsp3) is 0.350. The van der Waals surface area contributed by atoms with Crippen molar-refractivity contribution < 1.29 is 9.53 Å². The highest BCUT2D eigenvalue weighted by atomic mass is 35.5. The Bertz CT molecular complexity index is 774. The van der Waals surface area contributed by atoms with Gasteiger partial charge < -0.3 is 9.64 Å². The van der Waals surface area contributed by atoms with Crippen LogP contribution in [0.4, 0.5) is 0 Å². The van der Waals surface area contributed by atoms with Gasteiger partial charge in [0.05, 0.1) is 6.04 Å². The maximum absolute atomic E-state index is 12.6. The number of morpholine rings is 1. The van der Waals surface area contributed by atoms with E-state index in [1.54, 1.807) is 0 Å². The molecule has 130 valence electrons. The van der Waals surface area contributed by atoms with E-state index in [1.807, 2.05) is 53.4 Å². The van der Waals surface area contributed by atoms with Crippen LogP contribution in [-0.2, 0) is 9.53 Å². The zero-order valence-electron chi connectivity index (χ0n) is 13.7. The second-order valence-corrected chi connectivity index (χ2v) is 7.65. The minimum atomic E-state index is -0.240. The monoisotopic (exact) mass is 375 g/mol. The lowest BCUT2D eigenvalue weighted by atomic mass is 9.92. The first-order chi connectivity index (χ1) is 12.1.